The van der Waals surface area contributed by atoms with Crippen molar-refractivity contribution in [3.8, 4) is 16.2 Å². The smallest absolute Gasteiger partial charge is 0.351 e. The van der Waals surface area contributed by atoms with Crippen molar-refractivity contribution >= 4 is 17.3 Å². The molecule has 0 saturated carbocycles. The third-order valence-corrected chi connectivity index (χ3v) is 4.10. The Kier molecular flexibility index (Phi) is 3.90. The molecule has 0 spiro atoms. The molecule has 2 rings (SSSR count). The number of methoxy groups -OCH3 is 1. The average Bonchev–Trinajstić information content (AvgIpc) is 2.80. The Morgan fingerprint density at radius 2 is 1.89 bits per heavy atom. The van der Waals surface area contributed by atoms with Gasteiger partial charge in [-0.3, -0.25) is 0 Å². The van der Waals surface area contributed by atoms with Crippen molar-refractivity contribution in [2.24, 2.45) is 0 Å². The lowest BCUT2D eigenvalue weighted by atomic mass is 10.0. The van der Waals surface area contributed by atoms with Gasteiger partial charge in [0.1, 0.15) is 5.75 Å². The topological polar surface area (TPSA) is 46.5 Å². The van der Waals surface area contributed by atoms with Gasteiger partial charge in [0.25, 0.3) is 0 Å². The fourth-order valence-electron chi connectivity index (χ4n) is 1.79. The summed E-state index contributed by atoms with van der Waals surface area (Å²) in [4.78, 5) is 12.5. The molecule has 0 aliphatic heterocycles. The van der Waals surface area contributed by atoms with Gasteiger partial charge in [-0.1, -0.05) is 38.1 Å². The van der Waals surface area contributed by atoms with E-state index < -0.39 is 5.97 Å². The molecule has 19 heavy (non-hydrogen) atoms. The van der Waals surface area contributed by atoms with Crippen LogP contribution in [0.1, 0.15) is 35.0 Å². The van der Waals surface area contributed by atoms with Crippen LogP contribution in [0.15, 0.2) is 30.3 Å². The van der Waals surface area contributed by atoms with E-state index in [4.69, 9.17) is 0 Å². The average molecular weight is 276 g/mol. The molecule has 0 atom stereocenters. The SMILES string of the molecule is COC(=O)c1sc(-c2ccc(C(C)C)cc2)cc1O. The number of aromatic hydroxyl groups is 1. The number of carbonyl (C=O) groups is 1. The Morgan fingerprint density at radius 3 is 2.42 bits per heavy atom. The number of esters is 1. The summed E-state index contributed by atoms with van der Waals surface area (Å²) in [5, 5.41) is 9.75. The summed E-state index contributed by atoms with van der Waals surface area (Å²) in [6.07, 6.45) is 0. The molecule has 0 aliphatic rings. The van der Waals surface area contributed by atoms with Crippen molar-refractivity contribution in [3.63, 3.8) is 0 Å². The normalized spacial score (nSPS) is 10.7. The summed E-state index contributed by atoms with van der Waals surface area (Å²) < 4.78 is 4.63. The summed E-state index contributed by atoms with van der Waals surface area (Å²) in [6, 6.07) is 9.73. The second-order valence-corrected chi connectivity index (χ2v) is 5.65. The first-order chi connectivity index (χ1) is 9.02. The molecular formula is C15H16O3S. The first-order valence-electron chi connectivity index (χ1n) is 6.04. The fourth-order valence-corrected chi connectivity index (χ4v) is 2.77. The van der Waals surface area contributed by atoms with E-state index in [1.807, 2.05) is 12.1 Å². The minimum absolute atomic E-state index is 0.0280. The van der Waals surface area contributed by atoms with Crippen LogP contribution >= 0.6 is 11.3 Å². The molecular weight excluding hydrogens is 260 g/mol. The van der Waals surface area contributed by atoms with Crippen LogP contribution < -0.4 is 0 Å². The fraction of sp³-hybridized carbons (Fsp3) is 0.267. The third kappa shape index (κ3) is 2.79. The maximum Gasteiger partial charge on any atom is 0.351 e. The minimum Gasteiger partial charge on any atom is -0.506 e. The van der Waals surface area contributed by atoms with Crippen molar-refractivity contribution < 1.29 is 14.6 Å². The third-order valence-electron chi connectivity index (χ3n) is 2.95. The van der Waals surface area contributed by atoms with Crippen molar-refractivity contribution in [3.05, 3.63) is 40.8 Å². The van der Waals surface area contributed by atoms with Crippen LogP contribution in [-0.4, -0.2) is 18.2 Å². The van der Waals surface area contributed by atoms with Crippen molar-refractivity contribution in [1.29, 1.82) is 0 Å². The number of ether oxygens (including phenoxy) is 1. The highest BCUT2D eigenvalue weighted by molar-refractivity contribution is 7.17. The molecule has 0 bridgehead atoms. The molecule has 1 N–H and O–H groups in total. The van der Waals surface area contributed by atoms with Crippen molar-refractivity contribution in [2.45, 2.75) is 19.8 Å². The van der Waals surface area contributed by atoms with E-state index in [1.165, 1.54) is 24.0 Å². The summed E-state index contributed by atoms with van der Waals surface area (Å²) in [7, 11) is 1.30. The molecule has 100 valence electrons. The highest BCUT2D eigenvalue weighted by Gasteiger charge is 2.17. The molecule has 1 heterocycles. The molecule has 0 amide bonds. The zero-order valence-electron chi connectivity index (χ0n) is 11.1. The van der Waals surface area contributed by atoms with Gasteiger partial charge in [0, 0.05) is 4.88 Å². The molecule has 0 fully saturated rings. The quantitative estimate of drug-likeness (QED) is 0.861. The Bertz CT molecular complexity index is 582. The monoisotopic (exact) mass is 276 g/mol. The second-order valence-electron chi connectivity index (χ2n) is 4.59. The predicted molar refractivity (Wildman–Crippen MR) is 76.8 cm³/mol. The Hall–Kier alpha value is -1.81. The molecule has 0 radical (unpaired) electrons. The van der Waals surface area contributed by atoms with Crippen LogP contribution in [0.3, 0.4) is 0 Å². The first-order valence-corrected chi connectivity index (χ1v) is 6.86. The number of carbonyl (C=O) groups excluding carboxylic acids is 1. The maximum absolute atomic E-state index is 11.5. The van der Waals surface area contributed by atoms with Crippen LogP contribution in [0.4, 0.5) is 0 Å². The number of benzene rings is 1. The molecule has 0 unspecified atom stereocenters. The highest BCUT2D eigenvalue weighted by atomic mass is 32.1. The summed E-state index contributed by atoms with van der Waals surface area (Å²) >= 11 is 1.23. The number of rotatable bonds is 3. The predicted octanol–water partition coefficient (Wildman–Crippen LogP) is 4.03. The standard InChI is InChI=1S/C15H16O3S/c1-9(2)10-4-6-11(7-5-10)13-8-12(16)14(19-13)15(17)18-3/h4-9,16H,1-3H3. The van der Waals surface area contributed by atoms with E-state index in [0.717, 1.165) is 10.4 Å². The van der Waals surface area contributed by atoms with Gasteiger partial charge >= 0.3 is 5.97 Å². The zero-order valence-corrected chi connectivity index (χ0v) is 12.0. The lowest BCUT2D eigenvalue weighted by Gasteiger charge is -2.05. The first kappa shape index (κ1) is 13.6. The van der Waals surface area contributed by atoms with Gasteiger partial charge in [0.2, 0.25) is 0 Å². The molecule has 2 aromatic rings. The largest absolute Gasteiger partial charge is 0.506 e. The van der Waals surface area contributed by atoms with Crippen LogP contribution in [-0.2, 0) is 4.74 Å². The molecule has 3 nitrogen and oxygen atoms in total. The Balaban J connectivity index is 2.34. The lowest BCUT2D eigenvalue weighted by Crippen LogP contribution is -1.97. The molecule has 0 aliphatic carbocycles. The van der Waals surface area contributed by atoms with E-state index in [0.29, 0.717) is 5.92 Å². The van der Waals surface area contributed by atoms with Crippen LogP contribution in [0.25, 0.3) is 10.4 Å². The Morgan fingerprint density at radius 1 is 1.26 bits per heavy atom. The number of thiophene rings is 1. The van der Waals surface area contributed by atoms with E-state index in [2.05, 4.69) is 30.7 Å². The highest BCUT2D eigenvalue weighted by Crippen LogP contribution is 2.36. The summed E-state index contributed by atoms with van der Waals surface area (Å²) in [6.45, 7) is 4.28. The minimum atomic E-state index is -0.507. The van der Waals surface area contributed by atoms with Crippen LogP contribution in [0.2, 0.25) is 0 Å². The summed E-state index contributed by atoms with van der Waals surface area (Å²) in [5.74, 6) is -0.0521. The molecule has 0 saturated heterocycles. The Labute approximate surface area is 116 Å². The second kappa shape index (κ2) is 5.45. The van der Waals surface area contributed by atoms with Gasteiger partial charge in [-0.2, -0.15) is 0 Å². The van der Waals surface area contributed by atoms with E-state index >= 15 is 0 Å². The molecule has 4 heteroatoms. The summed E-state index contributed by atoms with van der Waals surface area (Å²) in [5.41, 5.74) is 2.25. The maximum atomic E-state index is 11.5. The van der Waals surface area contributed by atoms with Gasteiger partial charge in [0.05, 0.1) is 7.11 Å². The van der Waals surface area contributed by atoms with Crippen LogP contribution in [0.5, 0.6) is 5.75 Å². The van der Waals surface area contributed by atoms with Gasteiger partial charge in [-0.05, 0) is 23.1 Å². The number of hydrogen-bond acceptors (Lipinski definition) is 4. The zero-order chi connectivity index (χ0) is 14.0. The number of hydrogen-bond donors (Lipinski definition) is 1. The molecule has 1 aromatic carbocycles. The van der Waals surface area contributed by atoms with E-state index in [9.17, 15) is 9.90 Å². The van der Waals surface area contributed by atoms with E-state index in [-0.39, 0.29) is 10.6 Å². The van der Waals surface area contributed by atoms with Gasteiger partial charge in [0.15, 0.2) is 4.88 Å². The van der Waals surface area contributed by atoms with Gasteiger partial charge in [-0.25, -0.2) is 4.79 Å². The van der Waals surface area contributed by atoms with Crippen molar-refractivity contribution in [2.75, 3.05) is 7.11 Å². The van der Waals surface area contributed by atoms with Crippen LogP contribution in [0, 0.1) is 0 Å². The van der Waals surface area contributed by atoms with E-state index in [1.54, 1.807) is 6.07 Å². The van der Waals surface area contributed by atoms with Crippen molar-refractivity contribution in [1.82, 2.24) is 0 Å². The van der Waals surface area contributed by atoms with Gasteiger partial charge < -0.3 is 9.84 Å². The van der Waals surface area contributed by atoms with Gasteiger partial charge in [-0.15, -0.1) is 11.3 Å². The molecule has 1 aromatic heterocycles. The lowest BCUT2D eigenvalue weighted by molar-refractivity contribution is 0.0603.